The Morgan fingerprint density at radius 2 is 1.88 bits per heavy atom. The van der Waals surface area contributed by atoms with Gasteiger partial charge in [-0.15, -0.1) is 0 Å². The van der Waals surface area contributed by atoms with Crippen LogP contribution in [0.2, 0.25) is 0 Å². The van der Waals surface area contributed by atoms with Crippen LogP contribution in [0, 0.1) is 23.0 Å². The van der Waals surface area contributed by atoms with Gasteiger partial charge < -0.3 is 5.32 Å². The van der Waals surface area contributed by atoms with Crippen LogP contribution in [0.4, 0.5) is 17.1 Å². The summed E-state index contributed by atoms with van der Waals surface area (Å²) in [6, 6.07) is 12.2. The van der Waals surface area contributed by atoms with Crippen molar-refractivity contribution in [1.29, 1.82) is 0 Å². The molecule has 1 N–H and O–H groups in total. The fourth-order valence-electron chi connectivity index (χ4n) is 2.92. The number of hydrogen-bond donors (Lipinski definition) is 1. The number of nitro benzene ring substituents is 1. The average Bonchev–Trinajstić information content (AvgIpc) is 2.86. The fourth-order valence-corrected chi connectivity index (χ4v) is 2.92. The molecular formula is C19H19N3O4. The van der Waals surface area contributed by atoms with E-state index in [1.54, 1.807) is 13.0 Å². The smallest absolute Gasteiger partial charge is 0.294 e. The molecule has 0 unspecified atom stereocenters. The molecule has 1 fully saturated rings. The Hall–Kier alpha value is -3.22. The summed E-state index contributed by atoms with van der Waals surface area (Å²) in [6.07, 6.45) is 0.125. The van der Waals surface area contributed by atoms with E-state index in [1.807, 2.05) is 31.2 Å². The summed E-state index contributed by atoms with van der Waals surface area (Å²) in [7, 11) is 0. The molecule has 0 aliphatic carbocycles. The quantitative estimate of drug-likeness (QED) is 0.505. The first kappa shape index (κ1) is 17.6. The van der Waals surface area contributed by atoms with Crippen LogP contribution in [0.15, 0.2) is 42.5 Å². The molecule has 26 heavy (non-hydrogen) atoms. The van der Waals surface area contributed by atoms with Gasteiger partial charge in [-0.05, 0) is 24.6 Å². The number of nitro groups is 1. The number of amides is 2. The molecule has 1 aliphatic rings. The molecule has 2 aromatic rings. The Morgan fingerprint density at radius 1 is 1.19 bits per heavy atom. The van der Waals surface area contributed by atoms with Crippen molar-refractivity contribution >= 4 is 28.9 Å². The van der Waals surface area contributed by atoms with Crippen LogP contribution in [0.25, 0.3) is 0 Å². The van der Waals surface area contributed by atoms with Gasteiger partial charge in [-0.2, -0.15) is 0 Å². The first-order valence-electron chi connectivity index (χ1n) is 8.31. The summed E-state index contributed by atoms with van der Waals surface area (Å²) in [6.45, 7) is 4.09. The highest BCUT2D eigenvalue weighted by molar-refractivity contribution is 6.21. The Morgan fingerprint density at radius 3 is 2.46 bits per heavy atom. The average molecular weight is 353 g/mol. The van der Waals surface area contributed by atoms with E-state index in [0.29, 0.717) is 12.2 Å². The van der Waals surface area contributed by atoms with Crippen LogP contribution in [0.3, 0.4) is 0 Å². The molecule has 2 aromatic carbocycles. The van der Waals surface area contributed by atoms with Crippen molar-refractivity contribution in [2.24, 2.45) is 5.92 Å². The lowest BCUT2D eigenvalue weighted by Gasteiger charge is -2.15. The van der Waals surface area contributed by atoms with Crippen LogP contribution >= 0.6 is 0 Å². The SMILES string of the molecule is Cc1ccc(CNc2ccc(N3C(=O)C[C@@H](C)C3=O)cc2[N+](=O)[O-])cc1. The molecule has 0 spiro atoms. The minimum atomic E-state index is -0.518. The van der Waals surface area contributed by atoms with E-state index < -0.39 is 10.8 Å². The topological polar surface area (TPSA) is 92.6 Å². The number of benzene rings is 2. The second-order valence-corrected chi connectivity index (χ2v) is 6.47. The number of carbonyl (C=O) groups excluding carboxylic acids is 2. The molecule has 0 aromatic heterocycles. The van der Waals surface area contributed by atoms with Crippen molar-refractivity contribution < 1.29 is 14.5 Å². The van der Waals surface area contributed by atoms with Crippen molar-refractivity contribution in [2.45, 2.75) is 26.8 Å². The van der Waals surface area contributed by atoms with Gasteiger partial charge in [-0.1, -0.05) is 36.8 Å². The molecule has 0 radical (unpaired) electrons. The van der Waals surface area contributed by atoms with E-state index in [0.717, 1.165) is 16.0 Å². The number of rotatable bonds is 5. The zero-order valence-corrected chi connectivity index (χ0v) is 14.6. The highest BCUT2D eigenvalue weighted by Crippen LogP contribution is 2.33. The van der Waals surface area contributed by atoms with E-state index in [1.165, 1.54) is 12.1 Å². The maximum Gasteiger partial charge on any atom is 0.294 e. The van der Waals surface area contributed by atoms with Crippen molar-refractivity contribution in [2.75, 3.05) is 10.2 Å². The number of aryl methyl sites for hydroxylation is 1. The van der Waals surface area contributed by atoms with Crippen LogP contribution in [-0.4, -0.2) is 16.7 Å². The molecule has 7 heteroatoms. The minimum Gasteiger partial charge on any atom is -0.375 e. The van der Waals surface area contributed by atoms with Gasteiger partial charge in [0.15, 0.2) is 0 Å². The van der Waals surface area contributed by atoms with E-state index >= 15 is 0 Å². The van der Waals surface area contributed by atoms with Crippen molar-refractivity contribution in [3.63, 3.8) is 0 Å². The van der Waals surface area contributed by atoms with E-state index in [-0.39, 0.29) is 29.6 Å². The molecule has 1 heterocycles. The maximum atomic E-state index is 12.1. The largest absolute Gasteiger partial charge is 0.375 e. The van der Waals surface area contributed by atoms with Crippen molar-refractivity contribution in [3.05, 3.63) is 63.7 Å². The van der Waals surface area contributed by atoms with Crippen LogP contribution < -0.4 is 10.2 Å². The monoisotopic (exact) mass is 353 g/mol. The van der Waals surface area contributed by atoms with Crippen LogP contribution in [0.5, 0.6) is 0 Å². The first-order valence-corrected chi connectivity index (χ1v) is 8.31. The predicted octanol–water partition coefficient (Wildman–Crippen LogP) is 3.41. The summed E-state index contributed by atoms with van der Waals surface area (Å²) >= 11 is 0. The highest BCUT2D eigenvalue weighted by Gasteiger charge is 2.37. The second kappa shape index (κ2) is 6.95. The van der Waals surface area contributed by atoms with Crippen LogP contribution in [0.1, 0.15) is 24.5 Å². The van der Waals surface area contributed by atoms with Crippen molar-refractivity contribution in [3.8, 4) is 0 Å². The summed E-state index contributed by atoms with van der Waals surface area (Å²) in [4.78, 5) is 36.1. The fraction of sp³-hybridized carbons (Fsp3) is 0.263. The minimum absolute atomic E-state index is 0.125. The zero-order valence-electron chi connectivity index (χ0n) is 14.6. The summed E-state index contributed by atoms with van der Waals surface area (Å²) in [5, 5.41) is 14.5. The Labute approximate surface area is 150 Å². The highest BCUT2D eigenvalue weighted by atomic mass is 16.6. The van der Waals surface area contributed by atoms with Gasteiger partial charge in [-0.3, -0.25) is 24.6 Å². The third-order valence-corrected chi connectivity index (χ3v) is 4.41. The molecular weight excluding hydrogens is 334 g/mol. The summed E-state index contributed by atoms with van der Waals surface area (Å²) < 4.78 is 0. The molecule has 2 amide bonds. The lowest BCUT2D eigenvalue weighted by Crippen LogP contribution is -2.30. The molecule has 7 nitrogen and oxygen atoms in total. The predicted molar refractivity (Wildman–Crippen MR) is 97.9 cm³/mol. The number of carbonyl (C=O) groups is 2. The molecule has 1 atom stereocenters. The first-order chi connectivity index (χ1) is 12.4. The molecule has 1 saturated heterocycles. The van der Waals surface area contributed by atoms with Gasteiger partial charge in [0.25, 0.3) is 5.69 Å². The number of imide groups is 1. The zero-order chi connectivity index (χ0) is 18.8. The Bertz CT molecular complexity index is 877. The molecule has 3 rings (SSSR count). The third kappa shape index (κ3) is 3.42. The lowest BCUT2D eigenvalue weighted by atomic mass is 10.1. The lowest BCUT2D eigenvalue weighted by molar-refractivity contribution is -0.383. The van der Waals surface area contributed by atoms with Crippen LogP contribution in [-0.2, 0) is 16.1 Å². The summed E-state index contributed by atoms with van der Waals surface area (Å²) in [5.74, 6) is -1.07. The van der Waals surface area contributed by atoms with Gasteiger partial charge in [0.05, 0.1) is 10.6 Å². The second-order valence-electron chi connectivity index (χ2n) is 6.47. The number of nitrogens with zero attached hydrogens (tertiary/aromatic N) is 2. The van der Waals surface area contributed by atoms with Crippen molar-refractivity contribution in [1.82, 2.24) is 0 Å². The standard InChI is InChI=1S/C19H19N3O4/c1-12-3-5-14(6-4-12)11-20-16-8-7-15(10-17(16)22(25)26)21-18(23)9-13(2)19(21)24/h3-8,10,13,20H,9,11H2,1-2H3/t13-/m1/s1. The molecule has 0 bridgehead atoms. The molecule has 1 aliphatic heterocycles. The number of nitrogens with one attached hydrogen (secondary N) is 1. The Balaban J connectivity index is 1.85. The maximum absolute atomic E-state index is 12.1. The number of hydrogen-bond acceptors (Lipinski definition) is 5. The third-order valence-electron chi connectivity index (χ3n) is 4.41. The van der Waals surface area contributed by atoms with E-state index in [4.69, 9.17) is 0 Å². The molecule has 0 saturated carbocycles. The number of anilines is 2. The summed E-state index contributed by atoms with van der Waals surface area (Å²) in [5.41, 5.74) is 2.53. The van der Waals surface area contributed by atoms with Gasteiger partial charge >= 0.3 is 0 Å². The van der Waals surface area contributed by atoms with Gasteiger partial charge in [0.1, 0.15) is 5.69 Å². The Kier molecular flexibility index (Phi) is 4.71. The van der Waals surface area contributed by atoms with Gasteiger partial charge in [0.2, 0.25) is 11.8 Å². The van der Waals surface area contributed by atoms with Gasteiger partial charge in [0, 0.05) is 24.9 Å². The van der Waals surface area contributed by atoms with E-state index in [9.17, 15) is 19.7 Å². The van der Waals surface area contributed by atoms with E-state index in [2.05, 4.69) is 5.32 Å². The van der Waals surface area contributed by atoms with Gasteiger partial charge in [-0.25, -0.2) is 0 Å². The normalized spacial score (nSPS) is 16.8. The molecule has 134 valence electrons.